The van der Waals surface area contributed by atoms with Gasteiger partial charge in [-0.05, 0) is 19.1 Å². The molecule has 2 aliphatic heterocycles. The topological polar surface area (TPSA) is 78.9 Å². The minimum atomic E-state index is -1.15. The van der Waals surface area contributed by atoms with Crippen molar-refractivity contribution in [3.8, 4) is 0 Å². The summed E-state index contributed by atoms with van der Waals surface area (Å²) in [4.78, 5) is 16.7. The first-order valence-electron chi connectivity index (χ1n) is 4.38. The van der Waals surface area contributed by atoms with Crippen LogP contribution in [-0.2, 0) is 4.79 Å². The minimum absolute atomic E-state index is 0.212. The smallest absolute Gasteiger partial charge is 0.333 e. The fraction of sp³-hybridized carbons (Fsp3) is 0.333. The molecular formula is C9H10ClN3O2. The van der Waals surface area contributed by atoms with E-state index in [1.165, 1.54) is 0 Å². The number of nitrogens with two attached hydrogens (primary N) is 1. The first kappa shape index (κ1) is 10.0. The van der Waals surface area contributed by atoms with Crippen molar-refractivity contribution >= 4 is 23.4 Å². The molecule has 0 aromatic rings. The van der Waals surface area contributed by atoms with Crippen LogP contribution < -0.4 is 5.73 Å². The van der Waals surface area contributed by atoms with Gasteiger partial charge in [0, 0.05) is 0 Å². The number of fused-ring (bicyclic) bond motifs is 1. The summed E-state index contributed by atoms with van der Waals surface area (Å²) in [5.74, 6) is -0.0774. The maximum atomic E-state index is 11.0. The molecular weight excluding hydrogens is 218 g/mol. The van der Waals surface area contributed by atoms with E-state index >= 15 is 0 Å². The van der Waals surface area contributed by atoms with Gasteiger partial charge in [-0.2, -0.15) is 0 Å². The number of aliphatic imine (C=N–C) groups is 1. The zero-order valence-corrected chi connectivity index (χ0v) is 8.82. The summed E-state index contributed by atoms with van der Waals surface area (Å²) >= 11 is 5.83. The second-order valence-corrected chi connectivity index (χ2v) is 4.11. The number of carbonyl (C=O) groups is 1. The van der Waals surface area contributed by atoms with Crippen LogP contribution in [0.2, 0.25) is 0 Å². The van der Waals surface area contributed by atoms with Crippen molar-refractivity contribution in [2.45, 2.75) is 12.5 Å². The summed E-state index contributed by atoms with van der Waals surface area (Å²) < 4.78 is 0. The number of nitrogens with zero attached hydrogens (tertiary/aromatic N) is 2. The molecule has 0 fully saturated rings. The molecule has 0 saturated carbocycles. The highest BCUT2D eigenvalue weighted by molar-refractivity contribution is 6.32. The molecule has 0 aromatic carbocycles. The van der Waals surface area contributed by atoms with Crippen LogP contribution in [0.15, 0.2) is 28.0 Å². The van der Waals surface area contributed by atoms with Gasteiger partial charge in [-0.25, -0.2) is 9.79 Å². The third kappa shape index (κ3) is 1.39. The predicted octanol–water partition coefficient (Wildman–Crippen LogP) is 0.480. The highest BCUT2D eigenvalue weighted by Gasteiger charge is 2.42. The fourth-order valence-corrected chi connectivity index (χ4v) is 1.72. The van der Waals surface area contributed by atoms with Gasteiger partial charge in [0.25, 0.3) is 0 Å². The van der Waals surface area contributed by atoms with Crippen LogP contribution in [-0.4, -0.2) is 33.9 Å². The van der Waals surface area contributed by atoms with Crippen LogP contribution in [0.1, 0.15) is 6.92 Å². The summed E-state index contributed by atoms with van der Waals surface area (Å²) in [6.45, 7) is 1.76. The molecule has 5 nitrogen and oxygen atoms in total. The maximum Gasteiger partial charge on any atom is 0.333 e. The van der Waals surface area contributed by atoms with Crippen molar-refractivity contribution in [3.05, 3.63) is 23.0 Å². The Morgan fingerprint density at radius 1 is 1.73 bits per heavy atom. The van der Waals surface area contributed by atoms with E-state index in [1.54, 1.807) is 24.0 Å². The number of amidine groups is 1. The van der Waals surface area contributed by atoms with Gasteiger partial charge in [0.15, 0.2) is 5.54 Å². The van der Waals surface area contributed by atoms with Crippen LogP contribution in [0.5, 0.6) is 0 Å². The van der Waals surface area contributed by atoms with Crippen molar-refractivity contribution in [2.24, 2.45) is 10.7 Å². The molecule has 80 valence electrons. The van der Waals surface area contributed by atoms with E-state index in [2.05, 4.69) is 4.99 Å². The Labute approximate surface area is 91.5 Å². The Balaban J connectivity index is 2.40. The van der Waals surface area contributed by atoms with Crippen molar-refractivity contribution in [1.29, 1.82) is 0 Å². The minimum Gasteiger partial charge on any atom is -0.479 e. The van der Waals surface area contributed by atoms with Gasteiger partial charge in [-0.1, -0.05) is 11.6 Å². The molecule has 0 radical (unpaired) electrons. The average molecular weight is 228 g/mol. The highest BCUT2D eigenvalue weighted by Crippen LogP contribution is 2.28. The van der Waals surface area contributed by atoms with E-state index in [0.717, 1.165) is 0 Å². The Morgan fingerprint density at radius 2 is 2.40 bits per heavy atom. The van der Waals surface area contributed by atoms with Crippen LogP contribution in [0.4, 0.5) is 0 Å². The van der Waals surface area contributed by atoms with Crippen LogP contribution >= 0.6 is 11.6 Å². The SMILES string of the molecule is CC1(C(=O)O)CN2C(=N1)C=CC(Cl)=C2N. The number of halogens is 1. The Kier molecular flexibility index (Phi) is 2.01. The number of hydrogen-bond acceptors (Lipinski definition) is 4. The normalized spacial score (nSPS) is 29.2. The zero-order chi connectivity index (χ0) is 11.2. The molecule has 0 aliphatic carbocycles. The molecule has 2 heterocycles. The number of carboxylic acids is 1. The van der Waals surface area contributed by atoms with E-state index in [0.29, 0.717) is 16.7 Å². The number of carboxylic acid groups (broad SMARTS) is 1. The molecule has 15 heavy (non-hydrogen) atoms. The maximum absolute atomic E-state index is 11.0. The number of aliphatic carboxylic acids is 1. The van der Waals surface area contributed by atoms with Crippen LogP contribution in [0, 0.1) is 0 Å². The molecule has 3 N–H and O–H groups in total. The molecule has 1 atom stereocenters. The second-order valence-electron chi connectivity index (χ2n) is 3.70. The summed E-state index contributed by atoms with van der Waals surface area (Å²) in [5.41, 5.74) is 4.59. The lowest BCUT2D eigenvalue weighted by molar-refractivity contribution is -0.142. The number of hydrogen-bond donors (Lipinski definition) is 2. The van der Waals surface area contributed by atoms with Gasteiger partial charge in [0.2, 0.25) is 0 Å². The fourth-order valence-electron chi connectivity index (χ4n) is 1.55. The zero-order valence-electron chi connectivity index (χ0n) is 8.07. The quantitative estimate of drug-likeness (QED) is 0.683. The first-order valence-corrected chi connectivity index (χ1v) is 4.76. The predicted molar refractivity (Wildman–Crippen MR) is 56.4 cm³/mol. The molecule has 0 saturated heterocycles. The third-order valence-corrected chi connectivity index (χ3v) is 2.80. The summed E-state index contributed by atoms with van der Waals surface area (Å²) in [6.07, 6.45) is 3.27. The van der Waals surface area contributed by atoms with Gasteiger partial charge in [-0.3, -0.25) is 0 Å². The Bertz CT molecular complexity index is 427. The summed E-state index contributed by atoms with van der Waals surface area (Å²) in [6, 6.07) is 0. The van der Waals surface area contributed by atoms with E-state index in [9.17, 15) is 4.79 Å². The van der Waals surface area contributed by atoms with E-state index in [1.807, 2.05) is 0 Å². The molecule has 0 amide bonds. The third-order valence-electron chi connectivity index (χ3n) is 2.48. The lowest BCUT2D eigenvalue weighted by Crippen LogP contribution is -2.41. The molecule has 0 spiro atoms. The molecule has 6 heteroatoms. The highest BCUT2D eigenvalue weighted by atomic mass is 35.5. The van der Waals surface area contributed by atoms with Crippen molar-refractivity contribution in [2.75, 3.05) is 6.54 Å². The van der Waals surface area contributed by atoms with Gasteiger partial charge in [0.05, 0.1) is 11.6 Å². The van der Waals surface area contributed by atoms with E-state index < -0.39 is 11.5 Å². The standard InChI is InChI=1S/C9H10ClN3O2/c1-9(8(14)15)4-13-6(12-9)3-2-5(10)7(13)11/h2-3H,4,11H2,1H3,(H,14,15). The Morgan fingerprint density at radius 3 is 3.00 bits per heavy atom. The second kappa shape index (κ2) is 3.00. The van der Waals surface area contributed by atoms with Crippen molar-refractivity contribution < 1.29 is 9.90 Å². The molecule has 1 unspecified atom stereocenters. The lowest BCUT2D eigenvalue weighted by atomic mass is 10.1. The van der Waals surface area contributed by atoms with E-state index in [4.69, 9.17) is 22.4 Å². The molecule has 2 rings (SSSR count). The monoisotopic (exact) mass is 227 g/mol. The first-order chi connectivity index (χ1) is 6.94. The molecule has 0 bridgehead atoms. The van der Waals surface area contributed by atoms with E-state index in [-0.39, 0.29) is 6.54 Å². The lowest BCUT2D eigenvalue weighted by Gasteiger charge is -2.24. The van der Waals surface area contributed by atoms with Crippen LogP contribution in [0.3, 0.4) is 0 Å². The molecule has 2 aliphatic rings. The number of rotatable bonds is 1. The largest absolute Gasteiger partial charge is 0.479 e. The van der Waals surface area contributed by atoms with Gasteiger partial charge < -0.3 is 15.7 Å². The average Bonchev–Trinajstić information content (AvgIpc) is 2.51. The van der Waals surface area contributed by atoms with Gasteiger partial charge in [-0.15, -0.1) is 0 Å². The van der Waals surface area contributed by atoms with Crippen molar-refractivity contribution in [1.82, 2.24) is 4.90 Å². The number of allylic oxidation sites excluding steroid dienone is 2. The summed E-state index contributed by atoms with van der Waals surface area (Å²) in [5, 5.41) is 9.43. The van der Waals surface area contributed by atoms with Crippen molar-refractivity contribution in [3.63, 3.8) is 0 Å². The summed E-state index contributed by atoms with van der Waals surface area (Å²) in [7, 11) is 0. The molecule has 0 aromatic heterocycles. The van der Waals surface area contributed by atoms with Gasteiger partial charge in [0.1, 0.15) is 11.7 Å². The van der Waals surface area contributed by atoms with Crippen LogP contribution in [0.25, 0.3) is 0 Å². The Hall–Kier alpha value is -1.49. The van der Waals surface area contributed by atoms with Gasteiger partial charge >= 0.3 is 5.97 Å².